The number of carbonyl (C=O) groups is 2. The highest BCUT2D eigenvalue weighted by Crippen LogP contribution is 2.29. The second-order valence-electron chi connectivity index (χ2n) is 7.28. The molecule has 1 fully saturated rings. The van der Waals surface area contributed by atoms with Gasteiger partial charge in [0.05, 0.1) is 0 Å². The summed E-state index contributed by atoms with van der Waals surface area (Å²) < 4.78 is 6.01. The molecule has 0 aliphatic carbocycles. The largest absolute Gasteiger partial charge is 0.488 e. The van der Waals surface area contributed by atoms with E-state index < -0.39 is 6.10 Å². The van der Waals surface area contributed by atoms with Gasteiger partial charge < -0.3 is 20.1 Å². The van der Waals surface area contributed by atoms with Crippen LogP contribution in [-0.4, -0.2) is 47.1 Å². The number of fused-ring (bicyclic) bond motifs is 1. The first kappa shape index (κ1) is 18.4. The number of Topliss-reactive ketones (excluding diaryl/α,β-unsaturated/α-hetero) is 1. The van der Waals surface area contributed by atoms with Crippen LogP contribution in [-0.2, 0) is 11.2 Å². The van der Waals surface area contributed by atoms with E-state index in [9.17, 15) is 14.7 Å². The first-order chi connectivity index (χ1) is 13.5. The lowest BCUT2D eigenvalue weighted by Crippen LogP contribution is -2.49. The van der Waals surface area contributed by atoms with Gasteiger partial charge >= 0.3 is 0 Å². The number of rotatable bonds is 4. The van der Waals surface area contributed by atoms with Crippen molar-refractivity contribution in [1.29, 1.82) is 0 Å². The van der Waals surface area contributed by atoms with Crippen LogP contribution >= 0.6 is 0 Å². The van der Waals surface area contributed by atoms with Crippen LogP contribution in [0.25, 0.3) is 0 Å². The molecular formula is C21H23N3O4. The summed E-state index contributed by atoms with van der Waals surface area (Å²) in [6.45, 7) is 2.56. The summed E-state index contributed by atoms with van der Waals surface area (Å²) in [7, 11) is 0. The quantitative estimate of drug-likeness (QED) is 0.789. The number of β-amino-alcohol motifs (C(OH)–C–C–N with tert-alkyl or cyclic N) is 1. The number of hydrogen-bond donors (Lipinski definition) is 2. The first-order valence-corrected chi connectivity index (χ1v) is 9.49. The van der Waals surface area contributed by atoms with E-state index >= 15 is 0 Å². The first-order valence-electron chi connectivity index (χ1n) is 9.49. The third-order valence-electron chi connectivity index (χ3n) is 5.26. The molecule has 2 aliphatic heterocycles. The Morgan fingerprint density at radius 2 is 2.14 bits per heavy atom. The highest BCUT2D eigenvalue weighted by atomic mass is 16.5. The molecule has 4 rings (SSSR count). The summed E-state index contributed by atoms with van der Waals surface area (Å²) >= 11 is 0. The minimum Gasteiger partial charge on any atom is -0.488 e. The number of benzene rings is 1. The number of hydrogen-bond acceptors (Lipinski definition) is 6. The minimum absolute atomic E-state index is 0.0121. The molecule has 2 aromatic rings. The molecule has 0 saturated carbocycles. The smallest absolute Gasteiger partial charge is 0.224 e. The maximum atomic E-state index is 11.6. The Bertz CT molecular complexity index is 914. The highest BCUT2D eigenvalue weighted by molar-refractivity contribution is 5.95. The van der Waals surface area contributed by atoms with Gasteiger partial charge in [0.15, 0.2) is 5.78 Å². The zero-order valence-electron chi connectivity index (χ0n) is 15.7. The zero-order valence-corrected chi connectivity index (χ0v) is 15.7. The van der Waals surface area contributed by atoms with Crippen LogP contribution in [0.2, 0.25) is 0 Å². The van der Waals surface area contributed by atoms with Crippen molar-refractivity contribution in [3.05, 3.63) is 47.7 Å². The molecule has 1 aromatic carbocycles. The second-order valence-corrected chi connectivity index (χ2v) is 7.28. The molecule has 0 bridgehead atoms. The van der Waals surface area contributed by atoms with E-state index in [1.807, 2.05) is 23.1 Å². The molecule has 2 aliphatic rings. The lowest BCUT2D eigenvalue weighted by molar-refractivity contribution is -0.116. The van der Waals surface area contributed by atoms with Gasteiger partial charge in [0.25, 0.3) is 0 Å². The number of amides is 1. The van der Waals surface area contributed by atoms with E-state index in [2.05, 4.69) is 10.3 Å². The molecule has 2 atom stereocenters. The van der Waals surface area contributed by atoms with Crippen LogP contribution in [0.5, 0.6) is 5.75 Å². The van der Waals surface area contributed by atoms with Gasteiger partial charge in [-0.15, -0.1) is 0 Å². The van der Waals surface area contributed by atoms with Crippen LogP contribution in [0.15, 0.2) is 36.5 Å². The number of aliphatic hydroxyl groups excluding tert-OH is 1. The van der Waals surface area contributed by atoms with E-state index in [0.29, 0.717) is 43.1 Å². The number of aliphatic hydroxyl groups is 1. The van der Waals surface area contributed by atoms with Gasteiger partial charge in [-0.05, 0) is 37.1 Å². The molecular weight excluding hydrogens is 358 g/mol. The van der Waals surface area contributed by atoms with Crippen molar-refractivity contribution >= 4 is 23.2 Å². The lowest BCUT2D eigenvalue weighted by atomic mass is 10.0. The van der Waals surface area contributed by atoms with Crippen molar-refractivity contribution in [3.8, 4) is 5.75 Å². The molecule has 7 heteroatoms. The Balaban J connectivity index is 1.42. The molecule has 146 valence electrons. The topological polar surface area (TPSA) is 91.8 Å². The monoisotopic (exact) mass is 381 g/mol. The summed E-state index contributed by atoms with van der Waals surface area (Å²) in [5, 5.41) is 13.5. The number of nitrogens with zero attached hydrogens (tertiary/aromatic N) is 2. The number of anilines is 2. The van der Waals surface area contributed by atoms with E-state index in [4.69, 9.17) is 4.74 Å². The average Bonchev–Trinajstić information content (AvgIpc) is 2.69. The Kier molecular flexibility index (Phi) is 5.00. The Labute approximate surface area is 163 Å². The number of carbonyl (C=O) groups excluding carboxylic acids is 2. The lowest BCUT2D eigenvalue weighted by Gasteiger charge is -2.36. The van der Waals surface area contributed by atoms with Crippen molar-refractivity contribution in [2.24, 2.45) is 0 Å². The predicted molar refractivity (Wildman–Crippen MR) is 105 cm³/mol. The molecule has 3 heterocycles. The summed E-state index contributed by atoms with van der Waals surface area (Å²) in [4.78, 5) is 29.5. The standard InChI is InChI=1S/C21H23N3O4/c1-13(25)15-6-8-22-20(10-15)24-9-7-19(18(26)12-24)28-16-4-2-14-3-5-21(27)23-17(14)11-16/h2,4,6,8,10-11,18-19,26H,3,5,7,9,12H2,1H3,(H,23,27)/t18-,19-/m1/s1. The van der Waals surface area contributed by atoms with Gasteiger partial charge in [0.2, 0.25) is 5.91 Å². The van der Waals surface area contributed by atoms with Crippen molar-refractivity contribution in [1.82, 2.24) is 4.98 Å². The van der Waals surface area contributed by atoms with Gasteiger partial charge in [-0.1, -0.05) is 6.07 Å². The fourth-order valence-electron chi connectivity index (χ4n) is 3.66. The summed E-state index contributed by atoms with van der Waals surface area (Å²) in [6, 6.07) is 9.11. The van der Waals surface area contributed by atoms with Gasteiger partial charge in [-0.3, -0.25) is 9.59 Å². The number of aromatic nitrogens is 1. The molecule has 2 N–H and O–H groups in total. The summed E-state index contributed by atoms with van der Waals surface area (Å²) in [6.07, 6.45) is 2.43. The zero-order chi connectivity index (χ0) is 19.7. The molecule has 1 aromatic heterocycles. The maximum absolute atomic E-state index is 11.6. The van der Waals surface area contributed by atoms with Crippen molar-refractivity contribution in [3.63, 3.8) is 0 Å². The van der Waals surface area contributed by atoms with Gasteiger partial charge in [-0.2, -0.15) is 0 Å². The normalized spacial score (nSPS) is 21.6. The van der Waals surface area contributed by atoms with Gasteiger partial charge in [0, 0.05) is 49.4 Å². The fourth-order valence-corrected chi connectivity index (χ4v) is 3.66. The number of ketones is 1. The minimum atomic E-state index is -0.692. The van der Waals surface area contributed by atoms with E-state index in [1.54, 1.807) is 18.3 Å². The molecule has 0 spiro atoms. The summed E-state index contributed by atoms with van der Waals surface area (Å²) in [5.74, 6) is 1.32. The second kappa shape index (κ2) is 7.59. The highest BCUT2D eigenvalue weighted by Gasteiger charge is 2.30. The predicted octanol–water partition coefficient (Wildman–Crippen LogP) is 2.19. The number of piperidine rings is 1. The number of ether oxygens (including phenoxy) is 1. The van der Waals surface area contributed by atoms with E-state index in [1.165, 1.54) is 6.92 Å². The Morgan fingerprint density at radius 1 is 1.29 bits per heavy atom. The van der Waals surface area contributed by atoms with Crippen LogP contribution in [0, 0.1) is 0 Å². The fraction of sp³-hybridized carbons (Fsp3) is 0.381. The van der Waals surface area contributed by atoms with Crippen molar-refractivity contribution in [2.45, 2.75) is 38.4 Å². The molecule has 1 amide bonds. The molecule has 0 radical (unpaired) electrons. The molecule has 0 unspecified atom stereocenters. The average molecular weight is 381 g/mol. The van der Waals surface area contributed by atoms with Crippen LogP contribution in [0.1, 0.15) is 35.7 Å². The third kappa shape index (κ3) is 3.84. The van der Waals surface area contributed by atoms with E-state index in [0.717, 1.165) is 17.7 Å². The van der Waals surface area contributed by atoms with E-state index in [-0.39, 0.29) is 17.8 Å². The number of nitrogens with one attached hydrogen (secondary N) is 1. The van der Waals surface area contributed by atoms with Gasteiger partial charge in [0.1, 0.15) is 23.8 Å². The number of aryl methyl sites for hydroxylation is 1. The molecule has 28 heavy (non-hydrogen) atoms. The third-order valence-corrected chi connectivity index (χ3v) is 5.26. The molecule has 1 saturated heterocycles. The maximum Gasteiger partial charge on any atom is 0.224 e. The van der Waals surface area contributed by atoms with Crippen LogP contribution in [0.3, 0.4) is 0 Å². The molecule has 7 nitrogen and oxygen atoms in total. The number of pyridine rings is 1. The Hall–Kier alpha value is -2.93. The van der Waals surface area contributed by atoms with Gasteiger partial charge in [-0.25, -0.2) is 4.98 Å². The van der Waals surface area contributed by atoms with Crippen LogP contribution in [0.4, 0.5) is 11.5 Å². The Morgan fingerprint density at radius 3 is 2.93 bits per heavy atom. The summed E-state index contributed by atoms with van der Waals surface area (Å²) in [5.41, 5.74) is 2.48. The SMILES string of the molecule is CC(=O)c1ccnc(N2CC[C@@H](Oc3ccc4c(c3)NC(=O)CC4)[C@H](O)C2)c1. The van der Waals surface area contributed by atoms with Crippen LogP contribution < -0.4 is 15.0 Å². The van der Waals surface area contributed by atoms with Crippen molar-refractivity contribution < 1.29 is 19.4 Å². The van der Waals surface area contributed by atoms with Crippen molar-refractivity contribution in [2.75, 3.05) is 23.3 Å².